The van der Waals surface area contributed by atoms with E-state index in [1.807, 2.05) is 6.92 Å². The number of hydrogen-bond acceptors (Lipinski definition) is 3. The summed E-state index contributed by atoms with van der Waals surface area (Å²) in [5.41, 5.74) is 1.06. The first-order valence-corrected chi connectivity index (χ1v) is 5.86. The van der Waals surface area contributed by atoms with Crippen LogP contribution in [0, 0.1) is 6.92 Å². The van der Waals surface area contributed by atoms with Gasteiger partial charge in [-0.3, -0.25) is 0 Å². The Labute approximate surface area is 75.9 Å². The standard InChI is InChI=1S/C7H9O3PS/c1-6-2-4-7(5-3-6)10-11(8,9)12/h2-5H,1H3,(H2,8,9,12)/p-1. The molecule has 0 bridgehead atoms. The highest BCUT2D eigenvalue weighted by molar-refractivity contribution is 8.06. The van der Waals surface area contributed by atoms with Crippen molar-refractivity contribution in [2.24, 2.45) is 0 Å². The molecule has 0 radical (unpaired) electrons. The zero-order valence-electron chi connectivity index (χ0n) is 6.43. The molecule has 0 aromatic heterocycles. The second-order valence-corrected chi connectivity index (χ2v) is 4.88. The topological polar surface area (TPSA) is 52.5 Å². The molecule has 1 aromatic rings. The van der Waals surface area contributed by atoms with Crippen molar-refractivity contribution < 1.29 is 14.3 Å². The molecule has 0 heterocycles. The van der Waals surface area contributed by atoms with Gasteiger partial charge in [0.05, 0.1) is 0 Å². The van der Waals surface area contributed by atoms with Crippen molar-refractivity contribution in [1.82, 2.24) is 0 Å². The van der Waals surface area contributed by atoms with Crippen LogP contribution < -0.4 is 9.42 Å². The van der Waals surface area contributed by atoms with Crippen molar-refractivity contribution in [1.29, 1.82) is 0 Å². The van der Waals surface area contributed by atoms with E-state index in [0.717, 1.165) is 5.56 Å². The lowest BCUT2D eigenvalue weighted by molar-refractivity contribution is -0.193. The summed E-state index contributed by atoms with van der Waals surface area (Å²) in [7, 11) is 0. The molecule has 3 nitrogen and oxygen atoms in total. The predicted octanol–water partition coefficient (Wildman–Crippen LogP) is 0.951. The maximum absolute atomic E-state index is 10.6. The lowest BCUT2D eigenvalue weighted by Gasteiger charge is -2.20. The largest absolute Gasteiger partial charge is 0.770 e. The summed E-state index contributed by atoms with van der Waals surface area (Å²) in [4.78, 5) is 19.3. The molecule has 0 fully saturated rings. The minimum absolute atomic E-state index is 0.321. The molecule has 0 aliphatic carbocycles. The minimum Gasteiger partial charge on any atom is -0.770 e. The first-order chi connectivity index (χ1) is 5.47. The van der Waals surface area contributed by atoms with E-state index in [4.69, 9.17) is 4.89 Å². The maximum Gasteiger partial charge on any atom is 0.166 e. The number of aryl methyl sites for hydroxylation is 1. The average Bonchev–Trinajstić information content (AvgIpc) is 1.91. The smallest absolute Gasteiger partial charge is 0.166 e. The van der Waals surface area contributed by atoms with E-state index in [1.54, 1.807) is 24.3 Å². The van der Waals surface area contributed by atoms with Crippen LogP contribution in [0.15, 0.2) is 24.3 Å². The Morgan fingerprint density at radius 1 is 1.42 bits per heavy atom. The minimum atomic E-state index is -3.82. The SMILES string of the molecule is Cc1ccc(OP([O-])(O)=S)cc1. The molecule has 0 aliphatic heterocycles. The van der Waals surface area contributed by atoms with Gasteiger partial charge in [0.15, 0.2) is 6.72 Å². The lowest BCUT2D eigenvalue weighted by Crippen LogP contribution is -2.04. The first-order valence-electron chi connectivity index (χ1n) is 3.27. The molecule has 0 amide bonds. The molecule has 1 unspecified atom stereocenters. The molecule has 5 heteroatoms. The predicted molar refractivity (Wildman–Crippen MR) is 48.3 cm³/mol. The van der Waals surface area contributed by atoms with Gasteiger partial charge in [-0.15, -0.1) is 0 Å². The van der Waals surface area contributed by atoms with E-state index in [-0.39, 0.29) is 0 Å². The third-order valence-corrected chi connectivity index (χ3v) is 1.91. The summed E-state index contributed by atoms with van der Waals surface area (Å²) in [6, 6.07) is 6.76. The Balaban J connectivity index is 2.78. The van der Waals surface area contributed by atoms with Crippen molar-refractivity contribution in [3.8, 4) is 5.75 Å². The molecule has 0 saturated heterocycles. The van der Waals surface area contributed by atoms with Crippen LogP contribution in [0.3, 0.4) is 0 Å². The molecule has 0 aliphatic rings. The summed E-state index contributed by atoms with van der Waals surface area (Å²) in [5, 5.41) is 0. The molecule has 0 spiro atoms. The summed E-state index contributed by atoms with van der Waals surface area (Å²) < 4.78 is 4.58. The molecule has 1 atom stereocenters. The van der Waals surface area contributed by atoms with Gasteiger partial charge in [-0.2, -0.15) is 0 Å². The maximum atomic E-state index is 10.6. The second-order valence-electron chi connectivity index (χ2n) is 2.37. The van der Waals surface area contributed by atoms with Crippen LogP contribution in [-0.4, -0.2) is 4.89 Å². The van der Waals surface area contributed by atoms with Crippen molar-refractivity contribution in [3.63, 3.8) is 0 Å². The highest BCUT2D eigenvalue weighted by Gasteiger charge is 1.98. The highest BCUT2D eigenvalue weighted by Crippen LogP contribution is 2.33. The summed E-state index contributed by atoms with van der Waals surface area (Å²) >= 11 is 4.19. The lowest BCUT2D eigenvalue weighted by atomic mass is 10.2. The van der Waals surface area contributed by atoms with Crippen molar-refractivity contribution in [2.75, 3.05) is 0 Å². The number of hydrogen-bond donors (Lipinski definition) is 1. The van der Waals surface area contributed by atoms with E-state index in [2.05, 4.69) is 16.3 Å². The fourth-order valence-corrected chi connectivity index (χ4v) is 1.38. The third kappa shape index (κ3) is 3.32. The Kier molecular flexibility index (Phi) is 2.85. The van der Waals surface area contributed by atoms with Crippen LogP contribution in [0.25, 0.3) is 0 Å². The molecule has 0 saturated carbocycles. The van der Waals surface area contributed by atoms with Crippen molar-refractivity contribution in [3.05, 3.63) is 29.8 Å². The van der Waals surface area contributed by atoms with Crippen LogP contribution >= 0.6 is 6.72 Å². The molecule has 1 N–H and O–H groups in total. The van der Waals surface area contributed by atoms with Crippen LogP contribution in [0.5, 0.6) is 5.75 Å². The van der Waals surface area contributed by atoms with Gasteiger partial charge in [-0.1, -0.05) is 17.7 Å². The molecule has 66 valence electrons. The first kappa shape index (κ1) is 9.68. The summed E-state index contributed by atoms with van der Waals surface area (Å²) in [6.45, 7) is -1.91. The summed E-state index contributed by atoms with van der Waals surface area (Å²) in [5.74, 6) is 0.321. The highest BCUT2D eigenvalue weighted by atomic mass is 32.5. The molecule has 12 heavy (non-hydrogen) atoms. The fourth-order valence-electron chi connectivity index (χ4n) is 0.732. The Bertz CT molecular complexity index is 303. The van der Waals surface area contributed by atoms with Crippen LogP contribution in [-0.2, 0) is 11.8 Å². The fraction of sp³-hybridized carbons (Fsp3) is 0.143. The van der Waals surface area contributed by atoms with Gasteiger partial charge in [-0.25, -0.2) is 0 Å². The zero-order chi connectivity index (χ0) is 9.19. The van der Waals surface area contributed by atoms with Crippen LogP contribution in [0.1, 0.15) is 5.56 Å². The van der Waals surface area contributed by atoms with Crippen molar-refractivity contribution in [2.45, 2.75) is 6.92 Å². The van der Waals surface area contributed by atoms with Crippen LogP contribution in [0.2, 0.25) is 0 Å². The van der Waals surface area contributed by atoms with E-state index < -0.39 is 6.72 Å². The average molecular weight is 203 g/mol. The second kappa shape index (κ2) is 3.54. The molecule has 1 rings (SSSR count). The number of benzene rings is 1. The third-order valence-electron chi connectivity index (χ3n) is 1.24. The quantitative estimate of drug-likeness (QED) is 0.727. The normalized spacial score (nSPS) is 15.2. The van der Waals surface area contributed by atoms with Gasteiger partial charge in [-0.05, 0) is 30.9 Å². The van der Waals surface area contributed by atoms with Gasteiger partial charge in [0, 0.05) is 0 Å². The van der Waals surface area contributed by atoms with Gasteiger partial charge in [0.25, 0.3) is 0 Å². The Morgan fingerprint density at radius 2 is 1.92 bits per heavy atom. The zero-order valence-corrected chi connectivity index (χ0v) is 8.14. The van der Waals surface area contributed by atoms with Gasteiger partial charge < -0.3 is 14.3 Å². The van der Waals surface area contributed by atoms with E-state index >= 15 is 0 Å². The molecule has 1 aromatic carbocycles. The van der Waals surface area contributed by atoms with Gasteiger partial charge in [0.1, 0.15) is 5.75 Å². The Hall–Kier alpha value is -0.410. The van der Waals surface area contributed by atoms with E-state index in [0.29, 0.717) is 5.75 Å². The molecular weight excluding hydrogens is 195 g/mol. The van der Waals surface area contributed by atoms with Gasteiger partial charge in [0.2, 0.25) is 0 Å². The van der Waals surface area contributed by atoms with Crippen LogP contribution in [0.4, 0.5) is 0 Å². The Morgan fingerprint density at radius 3 is 2.33 bits per heavy atom. The van der Waals surface area contributed by atoms with Crippen molar-refractivity contribution >= 4 is 18.5 Å². The number of rotatable bonds is 2. The van der Waals surface area contributed by atoms with E-state index in [9.17, 15) is 4.89 Å². The summed E-state index contributed by atoms with van der Waals surface area (Å²) in [6.07, 6.45) is 0. The molecular formula is C7H8O3PS-. The monoisotopic (exact) mass is 203 g/mol. The van der Waals surface area contributed by atoms with Gasteiger partial charge >= 0.3 is 0 Å². The van der Waals surface area contributed by atoms with E-state index in [1.165, 1.54) is 0 Å².